The molecule has 1 rings (SSSR count). The van der Waals surface area contributed by atoms with Gasteiger partial charge in [-0.2, -0.15) is 0 Å². The van der Waals surface area contributed by atoms with Gasteiger partial charge in [-0.05, 0) is 12.8 Å². The fraction of sp³-hybridized carbons (Fsp3) is 1.00. The van der Waals surface area contributed by atoms with Crippen molar-refractivity contribution >= 4 is 8.80 Å². The molecule has 5 nitrogen and oxygen atoms in total. The molecular formula is C16H34O5Si. The Labute approximate surface area is 137 Å². The first-order valence-corrected chi connectivity index (χ1v) is 10.6. The molecule has 6 heteroatoms. The number of hydrogen-bond acceptors (Lipinski definition) is 5. The predicted molar refractivity (Wildman–Crippen MR) is 89.1 cm³/mol. The Balaban J connectivity index is 2.36. The second-order valence-electron chi connectivity index (χ2n) is 5.85. The lowest BCUT2D eigenvalue weighted by Crippen LogP contribution is -2.46. The monoisotopic (exact) mass is 334 g/mol. The number of rotatable bonds is 15. The minimum atomic E-state index is -2.50. The molecule has 0 amide bonds. The molecule has 0 bridgehead atoms. The van der Waals surface area contributed by atoms with Gasteiger partial charge in [0.25, 0.3) is 0 Å². The van der Waals surface area contributed by atoms with Gasteiger partial charge in [-0.3, -0.25) is 0 Å². The van der Waals surface area contributed by atoms with Crippen LogP contribution in [0.2, 0.25) is 6.04 Å². The lowest BCUT2D eigenvalue weighted by molar-refractivity contribution is 0.0253. The number of unbranched alkanes of at least 4 members (excludes halogenated alkanes) is 3. The van der Waals surface area contributed by atoms with Crippen molar-refractivity contribution in [3.05, 3.63) is 0 Å². The van der Waals surface area contributed by atoms with Crippen LogP contribution in [0, 0.1) is 0 Å². The van der Waals surface area contributed by atoms with E-state index in [-0.39, 0.29) is 6.10 Å². The third-order valence-corrected chi connectivity index (χ3v) is 6.87. The summed E-state index contributed by atoms with van der Waals surface area (Å²) in [4.78, 5) is 0. The summed E-state index contributed by atoms with van der Waals surface area (Å²) in [6.07, 6.45) is 7.40. The van der Waals surface area contributed by atoms with E-state index in [0.717, 1.165) is 25.5 Å². The van der Waals surface area contributed by atoms with Crippen molar-refractivity contribution in [1.29, 1.82) is 0 Å². The van der Waals surface area contributed by atoms with Gasteiger partial charge in [0.05, 0.1) is 19.3 Å². The Morgan fingerprint density at radius 2 is 1.82 bits per heavy atom. The predicted octanol–water partition coefficient (Wildman–Crippen LogP) is 3.40. The standard InChI is InChI=1S/C16H34O5Si/c1-5-7-8-9-10-15(11-12-19-13-16-14-20-16)21-22(6-2,17-3)18-4/h15-16H,5-14H2,1-4H3. The molecule has 0 N–H and O–H groups in total. The minimum Gasteiger partial charge on any atom is -0.379 e. The van der Waals surface area contributed by atoms with Crippen molar-refractivity contribution < 1.29 is 22.8 Å². The highest BCUT2D eigenvalue weighted by Crippen LogP contribution is 2.21. The number of hydrogen-bond donors (Lipinski definition) is 0. The SMILES string of the molecule is CCCCCCC(CCOCC1CO1)O[Si](CC)(OC)OC. The Bertz CT molecular complexity index is 261. The van der Waals surface area contributed by atoms with Crippen LogP contribution >= 0.6 is 0 Å². The largest absolute Gasteiger partial charge is 0.500 e. The first-order valence-electron chi connectivity index (χ1n) is 8.67. The van der Waals surface area contributed by atoms with Gasteiger partial charge in [0.2, 0.25) is 0 Å². The van der Waals surface area contributed by atoms with Crippen LogP contribution in [0.3, 0.4) is 0 Å². The normalized spacial score (nSPS) is 19.4. The molecule has 0 saturated carbocycles. The summed E-state index contributed by atoms with van der Waals surface area (Å²) < 4.78 is 28.2. The zero-order valence-corrected chi connectivity index (χ0v) is 15.8. The summed E-state index contributed by atoms with van der Waals surface area (Å²) in [7, 11) is 0.879. The van der Waals surface area contributed by atoms with Crippen molar-refractivity contribution in [1.82, 2.24) is 0 Å². The Morgan fingerprint density at radius 3 is 2.36 bits per heavy atom. The maximum Gasteiger partial charge on any atom is 0.500 e. The summed E-state index contributed by atoms with van der Waals surface area (Å²) >= 11 is 0. The average Bonchev–Trinajstić information content (AvgIpc) is 3.37. The van der Waals surface area contributed by atoms with Crippen LogP contribution in [-0.4, -0.2) is 55.1 Å². The molecule has 0 aromatic heterocycles. The lowest BCUT2D eigenvalue weighted by Gasteiger charge is -2.30. The average molecular weight is 335 g/mol. The fourth-order valence-electron chi connectivity index (χ4n) is 2.46. The third-order valence-electron chi connectivity index (χ3n) is 4.07. The van der Waals surface area contributed by atoms with Crippen molar-refractivity contribution in [2.24, 2.45) is 0 Å². The van der Waals surface area contributed by atoms with Gasteiger partial charge in [-0.15, -0.1) is 0 Å². The molecule has 132 valence electrons. The Morgan fingerprint density at radius 1 is 1.09 bits per heavy atom. The molecule has 2 unspecified atom stereocenters. The molecule has 0 radical (unpaired) electrons. The van der Waals surface area contributed by atoms with E-state index in [9.17, 15) is 0 Å². The quantitative estimate of drug-likeness (QED) is 0.261. The first kappa shape index (κ1) is 20.1. The molecule has 1 heterocycles. The van der Waals surface area contributed by atoms with E-state index in [2.05, 4.69) is 13.8 Å². The van der Waals surface area contributed by atoms with E-state index < -0.39 is 8.80 Å². The van der Waals surface area contributed by atoms with E-state index in [0.29, 0.717) is 19.3 Å². The van der Waals surface area contributed by atoms with Crippen LogP contribution in [-0.2, 0) is 22.8 Å². The molecule has 1 aliphatic heterocycles. The van der Waals surface area contributed by atoms with Gasteiger partial charge >= 0.3 is 8.80 Å². The van der Waals surface area contributed by atoms with Crippen LogP contribution in [0.15, 0.2) is 0 Å². The number of epoxide rings is 1. The van der Waals surface area contributed by atoms with E-state index in [1.807, 2.05) is 0 Å². The first-order chi connectivity index (χ1) is 10.7. The van der Waals surface area contributed by atoms with Crippen LogP contribution in [0.25, 0.3) is 0 Å². The van der Waals surface area contributed by atoms with Gasteiger partial charge < -0.3 is 22.8 Å². The van der Waals surface area contributed by atoms with Crippen LogP contribution in [0.5, 0.6) is 0 Å². The van der Waals surface area contributed by atoms with Crippen LogP contribution in [0.4, 0.5) is 0 Å². The van der Waals surface area contributed by atoms with Gasteiger partial charge in [-0.25, -0.2) is 0 Å². The van der Waals surface area contributed by atoms with E-state index in [4.69, 9.17) is 22.8 Å². The maximum atomic E-state index is 6.27. The van der Waals surface area contributed by atoms with Gasteiger partial charge in [-0.1, -0.05) is 39.5 Å². The van der Waals surface area contributed by atoms with Crippen LogP contribution < -0.4 is 0 Å². The Hall–Kier alpha value is 0.0169. The highest BCUT2D eigenvalue weighted by Gasteiger charge is 2.39. The van der Waals surface area contributed by atoms with Crippen molar-refractivity contribution in [2.45, 2.75) is 70.6 Å². The molecule has 0 aromatic rings. The molecule has 0 aliphatic carbocycles. The highest BCUT2D eigenvalue weighted by molar-refractivity contribution is 6.60. The molecule has 22 heavy (non-hydrogen) atoms. The molecule has 1 fully saturated rings. The summed E-state index contributed by atoms with van der Waals surface area (Å²) in [6, 6.07) is 0.794. The summed E-state index contributed by atoms with van der Waals surface area (Å²) in [5, 5.41) is 0. The Kier molecular flexibility index (Phi) is 10.5. The van der Waals surface area contributed by atoms with E-state index in [1.165, 1.54) is 25.7 Å². The molecule has 0 aromatic carbocycles. The molecule has 1 saturated heterocycles. The smallest absolute Gasteiger partial charge is 0.379 e. The second kappa shape index (κ2) is 11.5. The van der Waals surface area contributed by atoms with Gasteiger partial charge in [0, 0.05) is 26.9 Å². The van der Waals surface area contributed by atoms with Crippen molar-refractivity contribution in [2.75, 3.05) is 34.0 Å². The summed E-state index contributed by atoms with van der Waals surface area (Å²) in [6.45, 7) is 6.55. The highest BCUT2D eigenvalue weighted by atomic mass is 28.4. The van der Waals surface area contributed by atoms with Crippen molar-refractivity contribution in [3.8, 4) is 0 Å². The third kappa shape index (κ3) is 8.03. The molecule has 0 spiro atoms. The molecular weight excluding hydrogens is 300 g/mol. The maximum absolute atomic E-state index is 6.27. The van der Waals surface area contributed by atoms with Gasteiger partial charge in [0.1, 0.15) is 6.10 Å². The molecule has 1 aliphatic rings. The lowest BCUT2D eigenvalue weighted by atomic mass is 10.1. The van der Waals surface area contributed by atoms with Gasteiger partial charge in [0.15, 0.2) is 0 Å². The molecule has 2 atom stereocenters. The van der Waals surface area contributed by atoms with E-state index >= 15 is 0 Å². The zero-order valence-electron chi connectivity index (χ0n) is 14.8. The topological polar surface area (TPSA) is 49.5 Å². The number of ether oxygens (including phenoxy) is 2. The van der Waals surface area contributed by atoms with E-state index in [1.54, 1.807) is 14.2 Å². The summed E-state index contributed by atoms with van der Waals surface area (Å²) in [5.74, 6) is 0. The fourth-order valence-corrected chi connectivity index (χ4v) is 4.31. The second-order valence-corrected chi connectivity index (χ2v) is 8.98. The van der Waals surface area contributed by atoms with Crippen molar-refractivity contribution in [3.63, 3.8) is 0 Å². The van der Waals surface area contributed by atoms with Crippen LogP contribution in [0.1, 0.15) is 52.4 Å². The zero-order chi connectivity index (χ0) is 16.3. The minimum absolute atomic E-state index is 0.156. The summed E-state index contributed by atoms with van der Waals surface area (Å²) in [5.41, 5.74) is 0.